The van der Waals surface area contributed by atoms with E-state index in [-0.39, 0.29) is 47.2 Å². The standard InChI is InChI=1S/C28H30N6O4S2/c29-23(39-27(30)31-24(35)13-17-15-37-21-9-3-1-7-19(17)21)11-5-6-12-26-33-34-28(40-26)32-25(36)14-18-16-38-22-10-4-2-8-20(18)22/h1-4,7-10,15-16,19,21,23H,5-6,11-14,29H2,(H2,30,31,35)(H,32,34,36). The van der Waals surface area contributed by atoms with Gasteiger partial charge in [-0.15, -0.1) is 10.2 Å². The molecule has 208 valence electrons. The zero-order valence-electron chi connectivity index (χ0n) is 21.7. The van der Waals surface area contributed by atoms with Crippen LogP contribution in [0.3, 0.4) is 0 Å². The van der Waals surface area contributed by atoms with Gasteiger partial charge in [0.1, 0.15) is 16.7 Å². The van der Waals surface area contributed by atoms with E-state index in [1.54, 1.807) is 12.5 Å². The average Bonchev–Trinajstić information content (AvgIpc) is 3.66. The highest BCUT2D eigenvalue weighted by Crippen LogP contribution is 2.32. The first-order chi connectivity index (χ1) is 19.4. The number of aromatic nitrogens is 2. The summed E-state index contributed by atoms with van der Waals surface area (Å²) < 4.78 is 11.1. The van der Waals surface area contributed by atoms with Gasteiger partial charge in [0.05, 0.1) is 30.7 Å². The Morgan fingerprint density at radius 2 is 1.98 bits per heavy atom. The number of ether oxygens (including phenoxy) is 1. The van der Waals surface area contributed by atoms with Crippen molar-refractivity contribution in [3.05, 3.63) is 77.2 Å². The van der Waals surface area contributed by atoms with Gasteiger partial charge >= 0.3 is 0 Å². The van der Waals surface area contributed by atoms with E-state index in [1.165, 1.54) is 11.3 Å². The van der Waals surface area contributed by atoms with Crippen LogP contribution in [0, 0.1) is 11.3 Å². The lowest BCUT2D eigenvalue weighted by molar-refractivity contribution is -0.119. The third-order valence-corrected chi connectivity index (χ3v) is 8.31. The maximum atomic E-state index is 12.5. The summed E-state index contributed by atoms with van der Waals surface area (Å²) in [5.41, 5.74) is 8.65. The quantitative estimate of drug-likeness (QED) is 0.111. The van der Waals surface area contributed by atoms with E-state index in [0.29, 0.717) is 18.0 Å². The number of amides is 2. The number of allylic oxidation sites excluding steroid dienone is 2. The molecule has 1 aliphatic heterocycles. The number of anilines is 1. The molecule has 12 heteroatoms. The van der Waals surface area contributed by atoms with Crippen LogP contribution in [-0.4, -0.2) is 38.7 Å². The van der Waals surface area contributed by atoms with E-state index in [0.717, 1.165) is 51.7 Å². The normalized spacial score (nSPS) is 18.2. The molecule has 0 fully saturated rings. The second kappa shape index (κ2) is 13.1. The maximum absolute atomic E-state index is 12.5. The van der Waals surface area contributed by atoms with Crippen LogP contribution >= 0.6 is 23.1 Å². The monoisotopic (exact) mass is 578 g/mol. The molecule has 2 amide bonds. The molecule has 2 aliphatic rings. The largest absolute Gasteiger partial charge is 0.493 e. The number of fused-ring (bicyclic) bond motifs is 2. The first-order valence-corrected chi connectivity index (χ1v) is 14.7. The number of furan rings is 1. The number of rotatable bonds is 11. The van der Waals surface area contributed by atoms with Crippen LogP contribution in [-0.2, 0) is 27.2 Å². The predicted octanol–water partition coefficient (Wildman–Crippen LogP) is 4.66. The zero-order valence-corrected chi connectivity index (χ0v) is 23.3. The van der Waals surface area contributed by atoms with Gasteiger partial charge in [-0.2, -0.15) is 0 Å². The van der Waals surface area contributed by atoms with Crippen LogP contribution in [0.15, 0.2) is 71.1 Å². The van der Waals surface area contributed by atoms with Crippen molar-refractivity contribution in [1.82, 2.24) is 15.5 Å². The van der Waals surface area contributed by atoms with Crippen molar-refractivity contribution in [3.63, 3.8) is 0 Å². The van der Waals surface area contributed by atoms with Crippen LogP contribution in [0.5, 0.6) is 0 Å². The number of thioether (sulfide) groups is 1. The highest BCUT2D eigenvalue weighted by molar-refractivity contribution is 8.14. The minimum Gasteiger partial charge on any atom is -0.493 e. The number of nitrogens with two attached hydrogens (primary N) is 1. The van der Waals surface area contributed by atoms with E-state index < -0.39 is 0 Å². The second-order valence-corrected chi connectivity index (χ2v) is 11.8. The summed E-state index contributed by atoms with van der Waals surface area (Å²) in [6, 6.07) is 7.61. The molecule has 0 saturated heterocycles. The number of hydrogen-bond donors (Lipinski definition) is 4. The number of carbonyl (C=O) groups excluding carboxylic acids is 2. The van der Waals surface area contributed by atoms with Crippen molar-refractivity contribution < 1.29 is 18.7 Å². The van der Waals surface area contributed by atoms with Gasteiger partial charge in [-0.3, -0.25) is 15.0 Å². The highest BCUT2D eigenvalue weighted by Gasteiger charge is 2.30. The third-order valence-electron chi connectivity index (χ3n) is 6.53. The van der Waals surface area contributed by atoms with Gasteiger partial charge in [0, 0.05) is 23.3 Å². The van der Waals surface area contributed by atoms with Crippen LogP contribution in [0.1, 0.15) is 36.3 Å². The van der Waals surface area contributed by atoms with Crippen LogP contribution in [0.25, 0.3) is 11.0 Å². The molecule has 0 radical (unpaired) electrons. The Morgan fingerprint density at radius 1 is 1.12 bits per heavy atom. The molecule has 1 aliphatic carbocycles. The molecule has 5 N–H and O–H groups in total. The molecule has 3 aromatic rings. The molecule has 3 atom stereocenters. The Labute approximate surface area is 239 Å². The summed E-state index contributed by atoms with van der Waals surface area (Å²) in [4.78, 5) is 24.9. The summed E-state index contributed by atoms with van der Waals surface area (Å²) >= 11 is 2.50. The summed E-state index contributed by atoms with van der Waals surface area (Å²) in [6.45, 7) is 0. The van der Waals surface area contributed by atoms with Gasteiger partial charge in [0.25, 0.3) is 0 Å². The Kier molecular flexibility index (Phi) is 9.09. The summed E-state index contributed by atoms with van der Waals surface area (Å²) in [7, 11) is 0. The van der Waals surface area contributed by atoms with E-state index in [1.807, 2.05) is 48.6 Å². The van der Waals surface area contributed by atoms with E-state index in [4.69, 9.17) is 20.3 Å². The lowest BCUT2D eigenvalue weighted by Crippen LogP contribution is -2.31. The molecule has 40 heavy (non-hydrogen) atoms. The number of amidine groups is 1. The molecule has 5 rings (SSSR count). The van der Waals surface area contributed by atoms with Gasteiger partial charge in [0.15, 0.2) is 5.17 Å². The number of unbranched alkanes of at least 4 members (excludes halogenated alkanes) is 1. The number of carbonyl (C=O) groups is 2. The highest BCUT2D eigenvalue weighted by atomic mass is 32.2. The Balaban J connectivity index is 0.965. The van der Waals surface area contributed by atoms with Gasteiger partial charge in [-0.25, -0.2) is 0 Å². The smallest absolute Gasteiger partial charge is 0.230 e. The van der Waals surface area contributed by atoms with Crippen molar-refractivity contribution in [2.24, 2.45) is 11.7 Å². The SMILES string of the molecule is N=C(NC(=O)CC1=COC2C=CC=CC12)SC(N)CCCCc1nnc(NC(=O)Cc2coc3ccccc23)s1. The van der Waals surface area contributed by atoms with Crippen molar-refractivity contribution >= 4 is 56.2 Å². The fraction of sp³-hybridized carbons (Fsp3) is 0.321. The molecule has 0 bridgehead atoms. The molecule has 10 nitrogen and oxygen atoms in total. The van der Waals surface area contributed by atoms with Gasteiger partial charge < -0.3 is 25.5 Å². The fourth-order valence-electron chi connectivity index (χ4n) is 4.58. The van der Waals surface area contributed by atoms with Crippen molar-refractivity contribution in [1.29, 1.82) is 5.41 Å². The molecule has 0 spiro atoms. The van der Waals surface area contributed by atoms with Crippen molar-refractivity contribution in [2.75, 3.05) is 5.32 Å². The van der Waals surface area contributed by atoms with Gasteiger partial charge in [-0.05, 0) is 30.6 Å². The average molecular weight is 579 g/mol. The number of aryl methyl sites for hydroxylation is 1. The third kappa shape index (κ3) is 7.26. The lowest BCUT2D eigenvalue weighted by atomic mass is 9.90. The summed E-state index contributed by atoms with van der Waals surface area (Å²) in [5, 5.41) is 23.8. The van der Waals surface area contributed by atoms with Crippen LogP contribution < -0.4 is 16.4 Å². The number of hydrogen-bond acceptors (Lipinski definition) is 10. The number of nitrogens with zero attached hydrogens (tertiary/aromatic N) is 2. The molecule has 3 heterocycles. The predicted molar refractivity (Wildman–Crippen MR) is 157 cm³/mol. The number of nitrogens with one attached hydrogen (secondary N) is 3. The summed E-state index contributed by atoms with van der Waals surface area (Å²) in [6.07, 6.45) is 14.5. The minimum atomic E-state index is -0.305. The lowest BCUT2D eigenvalue weighted by Gasteiger charge is -2.17. The zero-order chi connectivity index (χ0) is 27.9. The maximum Gasteiger partial charge on any atom is 0.230 e. The van der Waals surface area contributed by atoms with E-state index in [2.05, 4.69) is 20.8 Å². The van der Waals surface area contributed by atoms with Gasteiger partial charge in [0.2, 0.25) is 16.9 Å². The molecule has 3 unspecified atom stereocenters. The molecular formula is C28H30N6O4S2. The van der Waals surface area contributed by atoms with Gasteiger partial charge in [-0.1, -0.05) is 65.9 Å². The fourth-order valence-corrected chi connectivity index (χ4v) is 6.14. The summed E-state index contributed by atoms with van der Waals surface area (Å²) in [5.74, 6) is -0.351. The van der Waals surface area contributed by atoms with Crippen LogP contribution in [0.4, 0.5) is 5.13 Å². The van der Waals surface area contributed by atoms with E-state index in [9.17, 15) is 9.59 Å². The second-order valence-electron chi connectivity index (χ2n) is 9.53. The first kappa shape index (κ1) is 27.8. The van der Waals surface area contributed by atoms with Crippen molar-refractivity contribution in [2.45, 2.75) is 50.0 Å². The van der Waals surface area contributed by atoms with Crippen LogP contribution in [0.2, 0.25) is 0 Å². The van der Waals surface area contributed by atoms with Crippen molar-refractivity contribution in [3.8, 4) is 0 Å². The Bertz CT molecular complexity index is 1480. The Hall–Kier alpha value is -3.74. The minimum absolute atomic E-state index is 0.0422. The topological polar surface area (TPSA) is 156 Å². The number of para-hydroxylation sites is 1. The number of benzene rings is 1. The first-order valence-electron chi connectivity index (χ1n) is 13.0. The molecule has 1 aromatic carbocycles. The molecule has 0 saturated carbocycles. The van der Waals surface area contributed by atoms with E-state index >= 15 is 0 Å². The Morgan fingerprint density at radius 3 is 2.88 bits per heavy atom. The molecule has 2 aromatic heterocycles. The molecular weight excluding hydrogens is 548 g/mol.